The van der Waals surface area contributed by atoms with Gasteiger partial charge < -0.3 is 4.98 Å². The number of nitrogens with one attached hydrogen (secondary N) is 1. The second-order valence-electron chi connectivity index (χ2n) is 5.94. The van der Waals surface area contributed by atoms with E-state index in [2.05, 4.69) is 16.8 Å². The Morgan fingerprint density at radius 1 is 1.43 bits per heavy atom. The van der Waals surface area contributed by atoms with Gasteiger partial charge in [-0.2, -0.15) is 0 Å². The van der Waals surface area contributed by atoms with Crippen LogP contribution in [-0.4, -0.2) is 27.4 Å². The molecule has 1 unspecified atom stereocenters. The quantitative estimate of drug-likeness (QED) is 0.687. The number of H-pyrrole nitrogens is 1. The number of aromatic amines is 1. The predicted octanol–water partition coefficient (Wildman–Crippen LogP) is 3.39. The Balaban J connectivity index is 1.93. The van der Waals surface area contributed by atoms with Gasteiger partial charge in [0.2, 0.25) is 0 Å². The smallest absolute Gasteiger partial charge is 0.305 e. The Bertz CT molecular complexity index is 768. The largest absolute Gasteiger partial charge is 0.312 e. The van der Waals surface area contributed by atoms with Crippen LogP contribution >= 0.6 is 11.3 Å². The number of thiazole rings is 1. The summed E-state index contributed by atoms with van der Waals surface area (Å²) < 4.78 is 0. The Morgan fingerprint density at radius 3 is 3.00 bits per heavy atom. The van der Waals surface area contributed by atoms with Crippen LogP contribution in [0, 0.1) is 10.1 Å². The third-order valence-electron chi connectivity index (χ3n) is 4.35. The third-order valence-corrected chi connectivity index (χ3v) is 5.22. The zero-order valence-corrected chi connectivity index (χ0v) is 13.8. The number of likely N-dealkylation sites (tertiary alicyclic amines) is 1. The van der Waals surface area contributed by atoms with Crippen LogP contribution in [0.2, 0.25) is 0 Å². The van der Waals surface area contributed by atoms with Gasteiger partial charge in [-0.15, -0.1) is 0 Å². The summed E-state index contributed by atoms with van der Waals surface area (Å²) in [5.41, 5.74) is 1.44. The molecule has 0 radical (unpaired) electrons. The topological polar surface area (TPSA) is 79.2 Å². The minimum Gasteiger partial charge on any atom is -0.312 e. The molecule has 1 aliphatic heterocycles. The van der Waals surface area contributed by atoms with Gasteiger partial charge in [0.1, 0.15) is 0 Å². The minimum absolute atomic E-state index is 0.0341. The molecule has 1 atom stereocenters. The summed E-state index contributed by atoms with van der Waals surface area (Å²) in [4.78, 5) is 28.4. The fourth-order valence-electron chi connectivity index (χ4n) is 3.06. The Morgan fingerprint density at radius 2 is 2.26 bits per heavy atom. The Kier molecular flexibility index (Phi) is 4.58. The van der Waals surface area contributed by atoms with E-state index < -0.39 is 4.92 Å². The molecule has 0 amide bonds. The molecule has 1 aromatic heterocycles. The van der Waals surface area contributed by atoms with E-state index >= 15 is 0 Å². The molecule has 1 aliphatic rings. The average Bonchev–Trinajstić information content (AvgIpc) is 2.90. The van der Waals surface area contributed by atoms with Crippen molar-refractivity contribution in [1.82, 2.24) is 9.88 Å². The van der Waals surface area contributed by atoms with E-state index in [1.54, 1.807) is 12.1 Å². The van der Waals surface area contributed by atoms with E-state index in [-0.39, 0.29) is 10.6 Å². The highest BCUT2D eigenvalue weighted by Crippen LogP contribution is 2.29. The number of piperidine rings is 1. The normalized spacial score (nSPS) is 18.9. The first-order valence-electron chi connectivity index (χ1n) is 7.75. The van der Waals surface area contributed by atoms with Crippen LogP contribution in [-0.2, 0) is 6.54 Å². The van der Waals surface area contributed by atoms with Crippen LogP contribution in [0.5, 0.6) is 0 Å². The third kappa shape index (κ3) is 3.51. The van der Waals surface area contributed by atoms with Crippen LogP contribution < -0.4 is 4.87 Å². The summed E-state index contributed by atoms with van der Waals surface area (Å²) in [6.07, 6.45) is 3.60. The Hall–Kier alpha value is -1.99. The predicted molar refractivity (Wildman–Crippen MR) is 90.8 cm³/mol. The van der Waals surface area contributed by atoms with Crippen molar-refractivity contribution >= 4 is 17.0 Å². The zero-order valence-electron chi connectivity index (χ0n) is 12.9. The van der Waals surface area contributed by atoms with Crippen molar-refractivity contribution in [3.63, 3.8) is 0 Å². The molecule has 23 heavy (non-hydrogen) atoms. The average molecular weight is 333 g/mol. The summed E-state index contributed by atoms with van der Waals surface area (Å²) in [5.74, 6) is 0. The first kappa shape index (κ1) is 15.9. The molecule has 1 N–H and O–H groups in total. The molecule has 0 saturated carbocycles. The van der Waals surface area contributed by atoms with Gasteiger partial charge in [-0.3, -0.25) is 19.8 Å². The van der Waals surface area contributed by atoms with Crippen molar-refractivity contribution in [3.8, 4) is 11.3 Å². The van der Waals surface area contributed by atoms with Crippen LogP contribution in [0.4, 0.5) is 5.69 Å². The maximum atomic E-state index is 11.8. The molecule has 1 fully saturated rings. The minimum atomic E-state index is -0.416. The fraction of sp³-hybridized carbons (Fsp3) is 0.438. The summed E-state index contributed by atoms with van der Waals surface area (Å²) in [6.45, 7) is 3.95. The SMILES string of the molecule is CC1CCCCN1Cc1sc(=O)[nH]c1-c1cccc([N+](=O)[O-])c1. The Labute approximate surface area is 137 Å². The highest BCUT2D eigenvalue weighted by atomic mass is 32.1. The molecule has 0 spiro atoms. The molecular formula is C16H19N3O3S. The number of hydrogen-bond donors (Lipinski definition) is 1. The molecule has 122 valence electrons. The van der Waals surface area contributed by atoms with E-state index in [9.17, 15) is 14.9 Å². The van der Waals surface area contributed by atoms with Crippen molar-refractivity contribution in [1.29, 1.82) is 0 Å². The van der Waals surface area contributed by atoms with Crippen LogP contribution in [0.3, 0.4) is 0 Å². The van der Waals surface area contributed by atoms with Crippen LogP contribution in [0.1, 0.15) is 31.1 Å². The number of non-ortho nitro benzene ring substituents is 1. The fourth-order valence-corrected chi connectivity index (χ4v) is 3.93. The van der Waals surface area contributed by atoms with Crippen molar-refractivity contribution in [3.05, 3.63) is 48.9 Å². The molecule has 0 aliphatic carbocycles. The van der Waals surface area contributed by atoms with Gasteiger partial charge in [-0.25, -0.2) is 0 Å². The second kappa shape index (κ2) is 6.64. The first-order valence-corrected chi connectivity index (χ1v) is 8.57. The van der Waals surface area contributed by atoms with Gasteiger partial charge >= 0.3 is 4.87 Å². The summed E-state index contributed by atoms with van der Waals surface area (Å²) in [6, 6.07) is 6.92. The van der Waals surface area contributed by atoms with Crippen LogP contribution in [0.25, 0.3) is 11.3 Å². The molecule has 3 rings (SSSR count). The molecule has 0 bridgehead atoms. The molecule has 7 heteroatoms. The molecule has 1 aromatic carbocycles. The molecule has 1 saturated heterocycles. The summed E-state index contributed by atoms with van der Waals surface area (Å²) in [7, 11) is 0. The van der Waals surface area contributed by atoms with Gasteiger partial charge in [0, 0.05) is 35.2 Å². The summed E-state index contributed by atoms with van der Waals surface area (Å²) in [5, 5.41) is 11.0. The number of hydrogen-bond acceptors (Lipinski definition) is 5. The molecule has 2 aromatic rings. The van der Waals surface area contributed by atoms with Gasteiger partial charge in [-0.1, -0.05) is 29.9 Å². The first-order chi connectivity index (χ1) is 11.0. The number of benzene rings is 1. The monoisotopic (exact) mass is 333 g/mol. The van der Waals surface area contributed by atoms with Crippen molar-refractivity contribution in [2.45, 2.75) is 38.8 Å². The van der Waals surface area contributed by atoms with Crippen molar-refractivity contribution < 1.29 is 4.92 Å². The van der Waals surface area contributed by atoms with Gasteiger partial charge in [0.05, 0.1) is 10.6 Å². The molecular weight excluding hydrogens is 314 g/mol. The van der Waals surface area contributed by atoms with Gasteiger partial charge in [0.15, 0.2) is 0 Å². The standard InChI is InChI=1S/C16H19N3O3S/c1-11-5-2-3-8-18(11)10-14-15(17-16(20)23-14)12-6-4-7-13(9-12)19(21)22/h4,6-7,9,11H,2-3,5,8,10H2,1H3,(H,17,20). The van der Waals surface area contributed by atoms with E-state index in [1.807, 2.05) is 0 Å². The lowest BCUT2D eigenvalue weighted by Gasteiger charge is -2.33. The van der Waals surface area contributed by atoms with E-state index in [1.165, 1.54) is 42.7 Å². The molecule has 2 heterocycles. The maximum Gasteiger partial charge on any atom is 0.305 e. The van der Waals surface area contributed by atoms with E-state index in [4.69, 9.17) is 0 Å². The number of rotatable bonds is 4. The van der Waals surface area contributed by atoms with Crippen LogP contribution in [0.15, 0.2) is 29.1 Å². The second-order valence-corrected chi connectivity index (χ2v) is 7.00. The highest BCUT2D eigenvalue weighted by Gasteiger charge is 2.21. The lowest BCUT2D eigenvalue weighted by Crippen LogP contribution is -2.36. The number of nitro benzene ring substituents is 1. The summed E-state index contributed by atoms with van der Waals surface area (Å²) >= 11 is 1.20. The zero-order chi connectivity index (χ0) is 16.4. The van der Waals surface area contributed by atoms with E-state index in [0.29, 0.717) is 23.8 Å². The van der Waals surface area contributed by atoms with Gasteiger partial charge in [-0.05, 0) is 26.3 Å². The van der Waals surface area contributed by atoms with Crippen molar-refractivity contribution in [2.75, 3.05) is 6.54 Å². The number of nitro groups is 1. The number of aromatic nitrogens is 1. The number of nitrogens with zero attached hydrogens (tertiary/aromatic N) is 2. The van der Waals surface area contributed by atoms with E-state index in [0.717, 1.165) is 11.4 Å². The van der Waals surface area contributed by atoms with Crippen molar-refractivity contribution in [2.24, 2.45) is 0 Å². The molecule has 6 nitrogen and oxygen atoms in total. The van der Waals surface area contributed by atoms with Gasteiger partial charge in [0.25, 0.3) is 5.69 Å². The highest BCUT2D eigenvalue weighted by molar-refractivity contribution is 7.09. The lowest BCUT2D eigenvalue weighted by atomic mass is 10.0. The lowest BCUT2D eigenvalue weighted by molar-refractivity contribution is -0.384. The maximum absolute atomic E-state index is 11.8.